The van der Waals surface area contributed by atoms with Crippen LogP contribution < -0.4 is 0 Å². The third-order valence-electron chi connectivity index (χ3n) is 5.35. The molecule has 0 radical (unpaired) electrons. The van der Waals surface area contributed by atoms with E-state index in [1.54, 1.807) is 6.07 Å². The van der Waals surface area contributed by atoms with Crippen LogP contribution in [0.25, 0.3) is 22.2 Å². The van der Waals surface area contributed by atoms with Gasteiger partial charge < -0.3 is 9.84 Å². The summed E-state index contributed by atoms with van der Waals surface area (Å²) in [5, 5.41) is 11.8. The normalized spacial score (nSPS) is 18.5. The summed E-state index contributed by atoms with van der Waals surface area (Å²) in [5.74, 6) is 0.260. The molecular weight excluding hydrogens is 338 g/mol. The zero-order chi connectivity index (χ0) is 18.7. The molecule has 0 bridgehead atoms. The highest BCUT2D eigenvalue weighted by Crippen LogP contribution is 2.40. The number of ether oxygens (including phenoxy) is 1. The van der Waals surface area contributed by atoms with E-state index >= 15 is 0 Å². The first kappa shape index (κ1) is 16.2. The lowest BCUT2D eigenvalue weighted by atomic mass is 10.00. The standard InChI is InChI=1S/C23H19NO3/c1-12(2)13-4-7-18-14(9-13)5-8-19(24-18)21-22(25)16-6-3-15(20-11-27-20)10-17(16)23(21)26/h3-10,12,20,26H,11H2,1-2H3. The van der Waals surface area contributed by atoms with Crippen molar-refractivity contribution in [2.75, 3.05) is 6.61 Å². The Morgan fingerprint density at radius 1 is 1.07 bits per heavy atom. The molecule has 4 nitrogen and oxygen atoms in total. The number of Topliss-reactive ketones (excluding diaryl/α,β-unsaturated/α-hetero) is 1. The van der Waals surface area contributed by atoms with Crippen LogP contribution in [0.1, 0.15) is 58.6 Å². The number of nitrogens with zero attached hydrogens (tertiary/aromatic N) is 1. The van der Waals surface area contributed by atoms with Crippen LogP contribution in [-0.4, -0.2) is 22.5 Å². The zero-order valence-corrected chi connectivity index (χ0v) is 15.2. The molecule has 0 amide bonds. The van der Waals surface area contributed by atoms with E-state index in [4.69, 9.17) is 4.74 Å². The van der Waals surface area contributed by atoms with Crippen LogP contribution >= 0.6 is 0 Å². The van der Waals surface area contributed by atoms with Crippen molar-refractivity contribution in [3.8, 4) is 0 Å². The Balaban J connectivity index is 1.60. The van der Waals surface area contributed by atoms with Crippen LogP contribution in [0.15, 0.2) is 48.5 Å². The summed E-state index contributed by atoms with van der Waals surface area (Å²) in [6.07, 6.45) is 0.0798. The van der Waals surface area contributed by atoms with Gasteiger partial charge in [-0.15, -0.1) is 0 Å². The first-order chi connectivity index (χ1) is 13.0. The number of benzene rings is 2. The van der Waals surface area contributed by atoms with Crippen LogP contribution in [0.3, 0.4) is 0 Å². The third-order valence-corrected chi connectivity index (χ3v) is 5.35. The van der Waals surface area contributed by atoms with Gasteiger partial charge in [-0.05, 0) is 47.4 Å². The van der Waals surface area contributed by atoms with E-state index in [9.17, 15) is 9.90 Å². The Hall–Kier alpha value is -2.98. The second-order valence-corrected chi connectivity index (χ2v) is 7.48. The number of ketones is 1. The number of carbonyl (C=O) groups is 1. The molecule has 1 aliphatic heterocycles. The molecule has 1 atom stereocenters. The van der Waals surface area contributed by atoms with E-state index in [1.807, 2.05) is 30.3 Å². The topological polar surface area (TPSA) is 62.7 Å². The SMILES string of the molecule is CC(C)c1ccc2nc(C3=C(O)c4cc(C5CO5)ccc4C3=O)ccc2c1. The van der Waals surface area contributed by atoms with Crippen molar-refractivity contribution in [1.82, 2.24) is 4.98 Å². The van der Waals surface area contributed by atoms with Gasteiger partial charge in [0.2, 0.25) is 0 Å². The quantitative estimate of drug-likeness (QED) is 0.666. The average Bonchev–Trinajstić information content (AvgIpc) is 3.49. The van der Waals surface area contributed by atoms with E-state index in [0.717, 1.165) is 16.5 Å². The monoisotopic (exact) mass is 357 g/mol. The Labute approximate surface area is 157 Å². The molecule has 27 heavy (non-hydrogen) atoms. The number of aliphatic hydroxyl groups excluding tert-OH is 1. The zero-order valence-electron chi connectivity index (χ0n) is 15.2. The van der Waals surface area contributed by atoms with Crippen LogP contribution in [0, 0.1) is 0 Å². The predicted molar refractivity (Wildman–Crippen MR) is 105 cm³/mol. The molecule has 3 aromatic rings. The van der Waals surface area contributed by atoms with Gasteiger partial charge in [-0.2, -0.15) is 0 Å². The number of hydrogen-bond acceptors (Lipinski definition) is 4. The molecule has 1 N–H and O–H groups in total. The van der Waals surface area contributed by atoms with Crippen molar-refractivity contribution in [1.29, 1.82) is 0 Å². The van der Waals surface area contributed by atoms with Gasteiger partial charge in [-0.25, -0.2) is 4.98 Å². The maximum Gasteiger partial charge on any atom is 0.199 e. The summed E-state index contributed by atoms with van der Waals surface area (Å²) >= 11 is 0. The molecule has 5 rings (SSSR count). The number of aromatic nitrogens is 1. The lowest BCUT2D eigenvalue weighted by molar-refractivity contribution is 0.105. The molecule has 1 saturated heterocycles. The number of epoxide rings is 1. The van der Waals surface area contributed by atoms with Gasteiger partial charge >= 0.3 is 0 Å². The Bertz CT molecular complexity index is 1140. The Morgan fingerprint density at radius 3 is 2.63 bits per heavy atom. The van der Waals surface area contributed by atoms with Crippen molar-refractivity contribution in [2.45, 2.75) is 25.9 Å². The van der Waals surface area contributed by atoms with E-state index in [0.29, 0.717) is 29.3 Å². The fourth-order valence-corrected chi connectivity index (χ4v) is 3.65. The molecule has 2 heterocycles. The Kier molecular flexibility index (Phi) is 3.46. The molecular formula is C23H19NO3. The van der Waals surface area contributed by atoms with Gasteiger partial charge in [0, 0.05) is 16.5 Å². The third kappa shape index (κ3) is 2.56. The van der Waals surface area contributed by atoms with Crippen LogP contribution in [0.2, 0.25) is 0 Å². The van der Waals surface area contributed by atoms with Gasteiger partial charge in [0.1, 0.15) is 11.9 Å². The molecule has 1 fully saturated rings. The molecule has 1 aliphatic carbocycles. The van der Waals surface area contributed by atoms with Crippen molar-refractivity contribution in [3.63, 3.8) is 0 Å². The summed E-state index contributed by atoms with van der Waals surface area (Å²) in [7, 11) is 0. The summed E-state index contributed by atoms with van der Waals surface area (Å²) in [5.41, 5.74) is 4.91. The summed E-state index contributed by atoms with van der Waals surface area (Å²) < 4.78 is 5.31. The van der Waals surface area contributed by atoms with Crippen molar-refractivity contribution in [3.05, 3.63) is 76.5 Å². The van der Waals surface area contributed by atoms with Crippen molar-refractivity contribution >= 4 is 28.0 Å². The molecule has 4 heteroatoms. The second-order valence-electron chi connectivity index (χ2n) is 7.48. The highest BCUT2D eigenvalue weighted by molar-refractivity contribution is 6.38. The van der Waals surface area contributed by atoms with Gasteiger partial charge in [0.15, 0.2) is 5.78 Å². The summed E-state index contributed by atoms with van der Waals surface area (Å²) in [6.45, 7) is 5.00. The molecule has 134 valence electrons. The van der Waals surface area contributed by atoms with E-state index in [2.05, 4.69) is 31.0 Å². The molecule has 0 saturated carbocycles. The first-order valence-electron chi connectivity index (χ1n) is 9.18. The minimum Gasteiger partial charge on any atom is -0.506 e. The van der Waals surface area contributed by atoms with Crippen LogP contribution in [0.4, 0.5) is 0 Å². The van der Waals surface area contributed by atoms with E-state index in [1.165, 1.54) is 5.56 Å². The molecule has 0 spiro atoms. The van der Waals surface area contributed by atoms with Gasteiger partial charge in [-0.1, -0.05) is 32.0 Å². The predicted octanol–water partition coefficient (Wildman–Crippen LogP) is 5.05. The van der Waals surface area contributed by atoms with Gasteiger partial charge in [-0.3, -0.25) is 4.79 Å². The molecule has 1 unspecified atom stereocenters. The minimum atomic E-state index is -0.184. The number of pyridine rings is 1. The summed E-state index contributed by atoms with van der Waals surface area (Å²) in [6, 6.07) is 15.4. The number of allylic oxidation sites excluding steroid dienone is 1. The Morgan fingerprint density at radius 2 is 1.89 bits per heavy atom. The molecule has 2 aromatic carbocycles. The lowest BCUT2D eigenvalue weighted by Gasteiger charge is -2.08. The number of hydrogen-bond donors (Lipinski definition) is 1. The molecule has 2 aliphatic rings. The van der Waals surface area contributed by atoms with Gasteiger partial charge in [0.05, 0.1) is 23.4 Å². The smallest absolute Gasteiger partial charge is 0.199 e. The maximum atomic E-state index is 12.9. The number of fused-ring (bicyclic) bond motifs is 2. The van der Waals surface area contributed by atoms with Gasteiger partial charge in [0.25, 0.3) is 0 Å². The highest BCUT2D eigenvalue weighted by Gasteiger charge is 2.34. The maximum absolute atomic E-state index is 12.9. The number of rotatable bonds is 3. The average molecular weight is 357 g/mol. The van der Waals surface area contributed by atoms with Crippen molar-refractivity contribution < 1.29 is 14.6 Å². The minimum absolute atomic E-state index is 0.00292. The number of carbonyl (C=O) groups excluding carboxylic acids is 1. The van der Waals surface area contributed by atoms with Crippen molar-refractivity contribution in [2.24, 2.45) is 0 Å². The first-order valence-corrected chi connectivity index (χ1v) is 9.18. The van der Waals surface area contributed by atoms with E-state index in [-0.39, 0.29) is 23.2 Å². The number of aliphatic hydroxyl groups is 1. The van der Waals surface area contributed by atoms with Crippen LogP contribution in [-0.2, 0) is 4.74 Å². The molecule has 1 aromatic heterocycles. The second kappa shape index (κ2) is 5.76. The van der Waals surface area contributed by atoms with Crippen LogP contribution in [0.5, 0.6) is 0 Å². The fraction of sp³-hybridized carbons (Fsp3) is 0.217. The lowest BCUT2D eigenvalue weighted by Crippen LogP contribution is -2.01. The summed E-state index contributed by atoms with van der Waals surface area (Å²) in [4.78, 5) is 17.5. The fourth-order valence-electron chi connectivity index (χ4n) is 3.65. The highest BCUT2D eigenvalue weighted by atomic mass is 16.6. The van der Waals surface area contributed by atoms with E-state index < -0.39 is 0 Å². The largest absolute Gasteiger partial charge is 0.506 e.